The summed E-state index contributed by atoms with van der Waals surface area (Å²) in [6.45, 7) is 5.25. The predicted octanol–water partition coefficient (Wildman–Crippen LogP) is 2.14. The number of aliphatic imine (C=N–C) groups is 1. The molecule has 2 unspecified atom stereocenters. The number of nitrogens with zero attached hydrogens (tertiary/aromatic N) is 4. The molecule has 1 aliphatic carbocycles. The standard InChI is InChI=1S/C18H25ClN6/c1-12-8-24(15-4-5-15)11-16(12)23-18(20-2)21-7-14-10-25-9-13(19)3-6-17(25)22-14/h3,6,9-10,12,15-16H,4-5,7-8,11H2,1-2H3,(H2,20,21,23). The van der Waals surface area contributed by atoms with E-state index >= 15 is 0 Å². The fourth-order valence-electron chi connectivity index (χ4n) is 3.58. The van der Waals surface area contributed by atoms with Gasteiger partial charge in [-0.1, -0.05) is 18.5 Å². The van der Waals surface area contributed by atoms with E-state index < -0.39 is 0 Å². The molecule has 2 atom stereocenters. The number of imidazole rings is 1. The molecule has 0 aromatic carbocycles. The predicted molar refractivity (Wildman–Crippen MR) is 101 cm³/mol. The Morgan fingerprint density at radius 3 is 2.92 bits per heavy atom. The van der Waals surface area contributed by atoms with Crippen LogP contribution < -0.4 is 10.6 Å². The van der Waals surface area contributed by atoms with Crippen LogP contribution in [0.25, 0.3) is 5.65 Å². The van der Waals surface area contributed by atoms with Gasteiger partial charge in [0.05, 0.1) is 17.3 Å². The molecule has 0 bridgehead atoms. The van der Waals surface area contributed by atoms with Crippen LogP contribution in [0.4, 0.5) is 0 Å². The molecular formula is C18H25ClN6. The van der Waals surface area contributed by atoms with Crippen molar-refractivity contribution in [3.8, 4) is 0 Å². The van der Waals surface area contributed by atoms with E-state index in [1.54, 1.807) is 0 Å². The van der Waals surface area contributed by atoms with Crippen LogP contribution in [0.5, 0.6) is 0 Å². The van der Waals surface area contributed by atoms with E-state index in [9.17, 15) is 0 Å². The Kier molecular flexibility index (Phi) is 4.56. The summed E-state index contributed by atoms with van der Waals surface area (Å²) in [5.41, 5.74) is 1.86. The Balaban J connectivity index is 1.35. The highest BCUT2D eigenvalue weighted by Crippen LogP contribution is 2.31. The molecule has 6 nitrogen and oxygen atoms in total. The van der Waals surface area contributed by atoms with Gasteiger partial charge in [0, 0.05) is 44.6 Å². The zero-order valence-electron chi connectivity index (χ0n) is 14.7. The number of rotatable bonds is 4. The number of hydrogen-bond acceptors (Lipinski definition) is 3. The lowest BCUT2D eigenvalue weighted by molar-refractivity contribution is 0.315. The van der Waals surface area contributed by atoms with E-state index in [-0.39, 0.29) is 0 Å². The van der Waals surface area contributed by atoms with Crippen molar-refractivity contribution in [3.05, 3.63) is 35.2 Å². The van der Waals surface area contributed by atoms with Crippen LogP contribution in [0.1, 0.15) is 25.5 Å². The quantitative estimate of drug-likeness (QED) is 0.648. The van der Waals surface area contributed by atoms with Crippen LogP contribution in [0.3, 0.4) is 0 Å². The van der Waals surface area contributed by atoms with E-state index in [0.717, 1.165) is 29.9 Å². The van der Waals surface area contributed by atoms with Crippen molar-refractivity contribution >= 4 is 23.2 Å². The molecule has 0 spiro atoms. The topological polar surface area (TPSA) is 57.0 Å². The molecular weight excluding hydrogens is 336 g/mol. The first-order chi connectivity index (χ1) is 12.1. The number of guanidine groups is 1. The molecule has 1 saturated carbocycles. The normalized spacial score (nSPS) is 24.8. The van der Waals surface area contributed by atoms with Gasteiger partial charge in [-0.3, -0.25) is 9.89 Å². The number of pyridine rings is 1. The van der Waals surface area contributed by atoms with Gasteiger partial charge in [0.1, 0.15) is 5.65 Å². The number of aromatic nitrogens is 2. The van der Waals surface area contributed by atoms with E-state index in [2.05, 4.69) is 32.4 Å². The van der Waals surface area contributed by atoms with Gasteiger partial charge in [0.25, 0.3) is 0 Å². The van der Waals surface area contributed by atoms with Crippen LogP contribution in [-0.2, 0) is 6.54 Å². The van der Waals surface area contributed by atoms with Crippen molar-refractivity contribution in [2.75, 3.05) is 20.1 Å². The summed E-state index contributed by atoms with van der Waals surface area (Å²) >= 11 is 6.03. The molecule has 0 radical (unpaired) electrons. The van der Waals surface area contributed by atoms with Crippen molar-refractivity contribution in [2.24, 2.45) is 10.9 Å². The van der Waals surface area contributed by atoms with Crippen LogP contribution in [0.2, 0.25) is 5.02 Å². The summed E-state index contributed by atoms with van der Waals surface area (Å²) in [7, 11) is 1.82. The first kappa shape index (κ1) is 16.7. The lowest BCUT2D eigenvalue weighted by atomic mass is 10.1. The molecule has 2 aliphatic rings. The maximum Gasteiger partial charge on any atom is 0.191 e. The third kappa shape index (κ3) is 3.75. The Labute approximate surface area is 153 Å². The van der Waals surface area contributed by atoms with Gasteiger partial charge >= 0.3 is 0 Å². The molecule has 7 heteroatoms. The fourth-order valence-corrected chi connectivity index (χ4v) is 3.75. The summed E-state index contributed by atoms with van der Waals surface area (Å²) in [6.07, 6.45) is 6.59. The lowest BCUT2D eigenvalue weighted by Crippen LogP contribution is -2.46. The van der Waals surface area contributed by atoms with Gasteiger partial charge in [0.2, 0.25) is 0 Å². The van der Waals surface area contributed by atoms with Crippen molar-refractivity contribution in [2.45, 2.75) is 38.4 Å². The number of likely N-dealkylation sites (tertiary alicyclic amines) is 1. The zero-order valence-corrected chi connectivity index (χ0v) is 15.5. The van der Waals surface area contributed by atoms with Crippen LogP contribution in [0.15, 0.2) is 29.5 Å². The van der Waals surface area contributed by atoms with Gasteiger partial charge in [-0.2, -0.15) is 0 Å². The first-order valence-corrected chi connectivity index (χ1v) is 9.34. The summed E-state index contributed by atoms with van der Waals surface area (Å²) in [4.78, 5) is 11.6. The average Bonchev–Trinajstić information content (AvgIpc) is 3.27. The molecule has 1 saturated heterocycles. The molecule has 0 amide bonds. The molecule has 3 heterocycles. The maximum atomic E-state index is 6.03. The highest BCUT2D eigenvalue weighted by Gasteiger charge is 2.38. The van der Waals surface area contributed by atoms with Crippen LogP contribution >= 0.6 is 11.6 Å². The minimum Gasteiger partial charge on any atom is -0.352 e. The van der Waals surface area contributed by atoms with Crippen molar-refractivity contribution < 1.29 is 0 Å². The lowest BCUT2D eigenvalue weighted by Gasteiger charge is -2.20. The molecule has 2 aromatic rings. The minimum absolute atomic E-state index is 0.451. The van der Waals surface area contributed by atoms with Crippen LogP contribution in [-0.4, -0.2) is 52.5 Å². The molecule has 2 fully saturated rings. The summed E-state index contributed by atoms with van der Waals surface area (Å²) < 4.78 is 1.95. The summed E-state index contributed by atoms with van der Waals surface area (Å²) in [6, 6.07) is 5.06. The van der Waals surface area contributed by atoms with Crippen molar-refractivity contribution in [1.82, 2.24) is 24.9 Å². The van der Waals surface area contributed by atoms with Crippen LogP contribution in [0, 0.1) is 5.92 Å². The maximum absolute atomic E-state index is 6.03. The molecule has 134 valence electrons. The molecule has 4 rings (SSSR count). The fraction of sp³-hybridized carbons (Fsp3) is 0.556. The Hall–Kier alpha value is -1.79. The smallest absolute Gasteiger partial charge is 0.191 e. The largest absolute Gasteiger partial charge is 0.352 e. The molecule has 25 heavy (non-hydrogen) atoms. The SMILES string of the molecule is CN=C(NCc1cn2cc(Cl)ccc2n1)NC1CN(C2CC2)CC1C. The molecule has 2 N–H and O–H groups in total. The summed E-state index contributed by atoms with van der Waals surface area (Å²) in [5, 5.41) is 7.67. The second-order valence-corrected chi connectivity index (χ2v) is 7.62. The highest BCUT2D eigenvalue weighted by molar-refractivity contribution is 6.30. The molecule has 2 aromatic heterocycles. The van der Waals surface area contributed by atoms with Gasteiger partial charge in [-0.25, -0.2) is 4.98 Å². The van der Waals surface area contributed by atoms with E-state index in [0.29, 0.717) is 23.5 Å². The van der Waals surface area contributed by atoms with Gasteiger partial charge in [-0.15, -0.1) is 0 Å². The second kappa shape index (κ2) is 6.84. The second-order valence-electron chi connectivity index (χ2n) is 7.18. The van der Waals surface area contributed by atoms with E-state index in [1.807, 2.05) is 36.0 Å². The number of halogens is 1. The Bertz CT molecular complexity index is 781. The van der Waals surface area contributed by atoms with Crippen molar-refractivity contribution in [1.29, 1.82) is 0 Å². The molecule has 1 aliphatic heterocycles. The minimum atomic E-state index is 0.451. The van der Waals surface area contributed by atoms with Crippen molar-refractivity contribution in [3.63, 3.8) is 0 Å². The first-order valence-electron chi connectivity index (χ1n) is 8.97. The third-order valence-corrected chi connectivity index (χ3v) is 5.37. The van der Waals surface area contributed by atoms with Gasteiger partial charge in [-0.05, 0) is 30.9 Å². The average molecular weight is 361 g/mol. The zero-order chi connectivity index (χ0) is 17.4. The van der Waals surface area contributed by atoms with Gasteiger partial charge in [0.15, 0.2) is 5.96 Å². The van der Waals surface area contributed by atoms with E-state index in [4.69, 9.17) is 11.6 Å². The Morgan fingerprint density at radius 2 is 2.16 bits per heavy atom. The van der Waals surface area contributed by atoms with Gasteiger partial charge < -0.3 is 15.0 Å². The number of hydrogen-bond donors (Lipinski definition) is 2. The third-order valence-electron chi connectivity index (χ3n) is 5.15. The summed E-state index contributed by atoms with van der Waals surface area (Å²) in [5.74, 6) is 1.47. The Morgan fingerprint density at radius 1 is 1.32 bits per heavy atom. The monoisotopic (exact) mass is 360 g/mol. The highest BCUT2D eigenvalue weighted by atomic mass is 35.5. The number of fused-ring (bicyclic) bond motifs is 1. The van der Waals surface area contributed by atoms with E-state index in [1.165, 1.54) is 19.4 Å². The number of nitrogens with one attached hydrogen (secondary N) is 2.